The van der Waals surface area contributed by atoms with Crippen LogP contribution in [0.4, 0.5) is 0 Å². The molecular formula is C52H66O16P2. The van der Waals surface area contributed by atoms with Crippen LogP contribution in [0, 0.1) is 10.8 Å². The fraction of sp³-hybridized carbons (Fsp3) is 0.423. The molecule has 6 N–H and O–H groups in total. The van der Waals surface area contributed by atoms with Gasteiger partial charge >= 0.3 is 29.1 Å². The fourth-order valence-corrected chi connectivity index (χ4v) is 9.30. The van der Waals surface area contributed by atoms with Crippen molar-refractivity contribution in [2.24, 2.45) is 10.8 Å². The standard InChI is InChI=1S/C52H66O16P2/c1-31(17-13-19-33(3)21-23-37-35(5)43(53)41(29-51(37,7)8)67-69(61)63-27-25-39-45(55)47(57)49(59)65-39)15-11-12-16-32(2)18-14-20-34(4)22-24-38-36(6)44(54)42(30-52(38,9)10)68-70(62)64-28-26-40-46(56)48(58)50(60)66-40/h11-24,39-42,55-58,61-62H,25-30H2,1-10H3/b12-11+,17-13+,18-14+,23-21+,24-22+,31-15+,32-16+,33-19+,34-20+. The molecule has 0 radical (unpaired) electrons. The van der Waals surface area contributed by atoms with E-state index in [4.69, 9.17) is 27.6 Å². The average molecular weight is 1010 g/mol. The van der Waals surface area contributed by atoms with Crippen molar-refractivity contribution in [3.05, 3.63) is 153 Å². The number of cyclic esters (lactones) is 2. The number of Topliss-reactive ketones (excluding diaryl/α,β-unsaturated/α-hetero) is 2. The Kier molecular flexibility index (Phi) is 21.1. The molecule has 4 aliphatic rings. The number of ether oxygens (including phenoxy) is 2. The van der Waals surface area contributed by atoms with E-state index in [0.717, 1.165) is 33.4 Å². The molecule has 0 aromatic rings. The summed E-state index contributed by atoms with van der Waals surface area (Å²) < 4.78 is 31.5. The van der Waals surface area contributed by atoms with Gasteiger partial charge in [-0.2, -0.15) is 0 Å². The molecular weight excluding hydrogens is 943 g/mol. The Morgan fingerprint density at radius 3 is 1.23 bits per heavy atom. The zero-order valence-corrected chi connectivity index (χ0v) is 43.1. The summed E-state index contributed by atoms with van der Waals surface area (Å²) in [6, 6.07) is 0. The summed E-state index contributed by atoms with van der Waals surface area (Å²) in [6.45, 7) is 19.1. The normalized spacial score (nSPS) is 25.1. The van der Waals surface area contributed by atoms with Gasteiger partial charge in [0.2, 0.25) is 11.5 Å². The highest BCUT2D eigenvalue weighted by atomic mass is 31.2. The lowest BCUT2D eigenvalue weighted by atomic mass is 9.71. The van der Waals surface area contributed by atoms with Crippen molar-refractivity contribution in [2.75, 3.05) is 13.2 Å². The topological polar surface area (TPSA) is 245 Å². The van der Waals surface area contributed by atoms with Gasteiger partial charge in [0.05, 0.1) is 13.2 Å². The number of hydrogen-bond acceptors (Lipinski definition) is 16. The maximum atomic E-state index is 13.3. The summed E-state index contributed by atoms with van der Waals surface area (Å²) in [7, 11) is -4.89. The molecule has 18 heteroatoms. The number of carbonyl (C=O) groups is 4. The van der Waals surface area contributed by atoms with Gasteiger partial charge in [0.25, 0.3) is 0 Å². The van der Waals surface area contributed by atoms with Crippen LogP contribution in [0.2, 0.25) is 0 Å². The van der Waals surface area contributed by atoms with Crippen LogP contribution in [0.5, 0.6) is 0 Å². The van der Waals surface area contributed by atoms with Crippen LogP contribution in [0.3, 0.4) is 0 Å². The third-order valence-corrected chi connectivity index (χ3v) is 13.5. The van der Waals surface area contributed by atoms with E-state index in [1.807, 2.05) is 140 Å². The van der Waals surface area contributed by atoms with Gasteiger partial charge in [0.15, 0.2) is 35.3 Å². The first-order valence-corrected chi connectivity index (χ1v) is 24.9. The van der Waals surface area contributed by atoms with E-state index in [0.29, 0.717) is 24.0 Å². The lowest BCUT2D eigenvalue weighted by Gasteiger charge is -2.36. The quantitative estimate of drug-likeness (QED) is 0.0335. The minimum Gasteiger partial charge on any atom is -0.505 e. The first kappa shape index (κ1) is 57.3. The molecule has 2 aliphatic carbocycles. The molecule has 2 heterocycles. The molecule has 380 valence electrons. The molecule has 0 fully saturated rings. The van der Waals surface area contributed by atoms with Gasteiger partial charge in [-0.3, -0.25) is 9.59 Å². The zero-order valence-electron chi connectivity index (χ0n) is 41.3. The largest absolute Gasteiger partial charge is 0.505 e. The Balaban J connectivity index is 1.23. The minimum atomic E-state index is -2.44. The smallest absolute Gasteiger partial charge is 0.377 e. The second-order valence-corrected chi connectivity index (χ2v) is 20.4. The summed E-state index contributed by atoms with van der Waals surface area (Å²) in [6.07, 6.45) is 24.1. The summed E-state index contributed by atoms with van der Waals surface area (Å²) in [4.78, 5) is 70.0. The minimum absolute atomic E-state index is 0.0222. The number of ketones is 2. The van der Waals surface area contributed by atoms with E-state index in [1.165, 1.54) is 0 Å². The van der Waals surface area contributed by atoms with Crippen LogP contribution < -0.4 is 0 Å². The fourth-order valence-electron chi connectivity index (χ4n) is 7.88. The predicted octanol–water partition coefficient (Wildman–Crippen LogP) is 10.7. The number of hydrogen-bond donors (Lipinski definition) is 6. The second kappa shape index (κ2) is 25.7. The van der Waals surface area contributed by atoms with Crippen LogP contribution in [-0.4, -0.2) is 91.3 Å². The first-order valence-electron chi connectivity index (χ1n) is 22.7. The number of rotatable bonds is 22. The van der Waals surface area contributed by atoms with E-state index in [1.54, 1.807) is 13.8 Å². The highest BCUT2D eigenvalue weighted by Gasteiger charge is 2.42. The average Bonchev–Trinajstić information content (AvgIpc) is 3.67. The monoisotopic (exact) mass is 1010 g/mol. The van der Waals surface area contributed by atoms with Gasteiger partial charge < -0.3 is 57.8 Å². The number of allylic oxidation sites excluding steroid dienone is 20. The van der Waals surface area contributed by atoms with Crippen molar-refractivity contribution in [1.29, 1.82) is 0 Å². The highest BCUT2D eigenvalue weighted by molar-refractivity contribution is 7.40. The summed E-state index contributed by atoms with van der Waals surface area (Å²) in [5, 5.41) is 38.4. The Bertz CT molecular complexity index is 2270. The Morgan fingerprint density at radius 2 is 0.900 bits per heavy atom. The number of carbonyl (C=O) groups excluding carboxylic acids is 4. The Labute approximate surface area is 412 Å². The first-order chi connectivity index (χ1) is 32.8. The van der Waals surface area contributed by atoms with E-state index in [-0.39, 0.29) is 37.6 Å². The van der Waals surface area contributed by atoms with Crippen LogP contribution in [0.25, 0.3) is 0 Å². The third-order valence-electron chi connectivity index (χ3n) is 11.9. The van der Waals surface area contributed by atoms with Crippen molar-refractivity contribution in [1.82, 2.24) is 0 Å². The lowest BCUT2D eigenvalue weighted by Crippen LogP contribution is -2.37. The van der Waals surface area contributed by atoms with Crippen molar-refractivity contribution in [3.63, 3.8) is 0 Å². The molecule has 0 spiro atoms. The van der Waals surface area contributed by atoms with E-state index >= 15 is 0 Å². The van der Waals surface area contributed by atoms with Gasteiger partial charge in [0, 0.05) is 12.8 Å². The van der Waals surface area contributed by atoms with E-state index in [9.17, 15) is 49.4 Å². The van der Waals surface area contributed by atoms with Gasteiger partial charge in [-0.25, -0.2) is 9.59 Å². The molecule has 0 saturated heterocycles. The third kappa shape index (κ3) is 16.1. The molecule has 6 atom stereocenters. The molecule has 0 amide bonds. The number of esters is 2. The van der Waals surface area contributed by atoms with Crippen molar-refractivity contribution >= 4 is 40.7 Å². The highest BCUT2D eigenvalue weighted by Crippen LogP contribution is 2.47. The van der Waals surface area contributed by atoms with Crippen LogP contribution in [-0.2, 0) is 46.7 Å². The molecule has 0 saturated carbocycles. The maximum Gasteiger partial charge on any atom is 0.377 e. The molecule has 70 heavy (non-hydrogen) atoms. The van der Waals surface area contributed by atoms with Crippen molar-refractivity contribution < 1.29 is 77.0 Å². The molecule has 2 aliphatic heterocycles. The van der Waals surface area contributed by atoms with Crippen molar-refractivity contribution in [2.45, 2.75) is 119 Å². The molecule has 0 aromatic heterocycles. The van der Waals surface area contributed by atoms with Gasteiger partial charge in [-0.1, -0.05) is 135 Å². The second-order valence-electron chi connectivity index (χ2n) is 18.6. The Hall–Kier alpha value is -5.28. The summed E-state index contributed by atoms with van der Waals surface area (Å²) in [5.41, 5.74) is 5.89. The van der Waals surface area contributed by atoms with Gasteiger partial charge in [0.1, 0.15) is 12.2 Å². The maximum absolute atomic E-state index is 13.3. The summed E-state index contributed by atoms with van der Waals surface area (Å²) >= 11 is 0. The van der Waals surface area contributed by atoms with Gasteiger partial charge in [-0.05, 0) is 87.5 Å². The zero-order chi connectivity index (χ0) is 52.1. The van der Waals surface area contributed by atoms with E-state index in [2.05, 4.69) is 0 Å². The van der Waals surface area contributed by atoms with Crippen molar-refractivity contribution in [3.8, 4) is 0 Å². The molecule has 0 bridgehead atoms. The SMILES string of the molecule is CC1=C(/C=C/C(C)=C/C=C/C(C)=C/C=C/C=C(C)/C=C/C=C(C)/C=C/C2=C(C)C(=O)C(OP(O)OCCC3OC(=O)C(O)=C3O)CC2(C)C)C(C)(C)CC(OP(O)OCCC2OC(=O)C(O)=C2O)C1=O. The molecule has 6 unspecified atom stereocenters. The lowest BCUT2D eigenvalue weighted by molar-refractivity contribution is -0.143. The number of aliphatic hydroxyl groups is 4. The van der Waals surface area contributed by atoms with Crippen LogP contribution >= 0.6 is 17.2 Å². The molecule has 16 nitrogen and oxygen atoms in total. The summed E-state index contributed by atoms with van der Waals surface area (Å²) in [5.74, 6) is -5.47. The van der Waals surface area contributed by atoms with Crippen LogP contribution in [0.15, 0.2) is 153 Å². The molecule has 4 rings (SSSR count). The molecule has 0 aromatic carbocycles. The Morgan fingerprint density at radius 1 is 0.571 bits per heavy atom. The number of aliphatic hydroxyl groups excluding tert-OH is 4. The van der Waals surface area contributed by atoms with E-state index < -0.39 is 87.4 Å². The van der Waals surface area contributed by atoms with Crippen LogP contribution in [0.1, 0.15) is 94.9 Å². The van der Waals surface area contributed by atoms with Gasteiger partial charge in [-0.15, -0.1) is 0 Å². The predicted molar refractivity (Wildman–Crippen MR) is 266 cm³/mol.